The molecule has 0 saturated heterocycles. The molecule has 0 bridgehead atoms. The van der Waals surface area contributed by atoms with Gasteiger partial charge in [-0.25, -0.2) is 0 Å². The van der Waals surface area contributed by atoms with E-state index in [4.69, 9.17) is 11.6 Å². The number of nitrogens with zero attached hydrogens (tertiary/aromatic N) is 2. The van der Waals surface area contributed by atoms with Gasteiger partial charge in [-0.2, -0.15) is 5.10 Å². The van der Waals surface area contributed by atoms with Crippen LogP contribution in [0.2, 0.25) is 5.02 Å². The van der Waals surface area contributed by atoms with Crippen molar-refractivity contribution >= 4 is 17.5 Å². The molecule has 1 N–H and O–H groups in total. The Hall–Kier alpha value is -1.81. The zero-order valence-electron chi connectivity index (χ0n) is 12.8. The number of benzene rings is 1. The molecule has 1 fully saturated rings. The van der Waals surface area contributed by atoms with Gasteiger partial charge in [-0.1, -0.05) is 23.7 Å². The Balaban J connectivity index is 1.58. The molecule has 3 atom stereocenters. The smallest absolute Gasteiger partial charge is 0.224 e. The summed E-state index contributed by atoms with van der Waals surface area (Å²) in [6, 6.07) is 9.66. The van der Waals surface area contributed by atoms with E-state index in [2.05, 4.69) is 10.4 Å². The summed E-state index contributed by atoms with van der Waals surface area (Å²) in [7, 11) is 0. The first-order valence-corrected chi connectivity index (χ1v) is 8.05. The SMILES string of the molecule is CCn1ccc(C(C)NC(=O)C2CC2c2ccc(Cl)cc2)n1. The number of rotatable bonds is 5. The zero-order chi connectivity index (χ0) is 15.7. The highest BCUT2D eigenvalue weighted by Gasteiger charge is 2.44. The fourth-order valence-electron chi connectivity index (χ4n) is 2.74. The maximum atomic E-state index is 12.3. The van der Waals surface area contributed by atoms with E-state index in [1.165, 1.54) is 5.56 Å². The topological polar surface area (TPSA) is 46.9 Å². The van der Waals surface area contributed by atoms with E-state index in [0.717, 1.165) is 23.7 Å². The van der Waals surface area contributed by atoms with Crippen LogP contribution in [0, 0.1) is 5.92 Å². The van der Waals surface area contributed by atoms with Crippen LogP contribution in [0.5, 0.6) is 0 Å². The number of aromatic nitrogens is 2. The quantitative estimate of drug-likeness (QED) is 0.917. The van der Waals surface area contributed by atoms with Gasteiger partial charge in [-0.05, 0) is 49.9 Å². The van der Waals surface area contributed by atoms with Crippen molar-refractivity contribution in [3.63, 3.8) is 0 Å². The van der Waals surface area contributed by atoms with Crippen LogP contribution in [-0.2, 0) is 11.3 Å². The van der Waals surface area contributed by atoms with E-state index < -0.39 is 0 Å². The minimum absolute atomic E-state index is 0.0632. The molecule has 1 heterocycles. The summed E-state index contributed by atoms with van der Waals surface area (Å²) in [5, 5.41) is 8.23. The molecule has 0 radical (unpaired) electrons. The summed E-state index contributed by atoms with van der Waals surface area (Å²) in [4.78, 5) is 12.3. The number of nitrogens with one attached hydrogen (secondary N) is 1. The van der Waals surface area contributed by atoms with Gasteiger partial charge in [0, 0.05) is 23.7 Å². The second-order valence-electron chi connectivity index (χ2n) is 5.83. The molecule has 5 heteroatoms. The molecule has 0 spiro atoms. The average molecular weight is 318 g/mol. The van der Waals surface area contributed by atoms with Gasteiger partial charge in [0.1, 0.15) is 0 Å². The molecule has 3 unspecified atom stereocenters. The highest BCUT2D eigenvalue weighted by Crippen LogP contribution is 2.47. The van der Waals surface area contributed by atoms with E-state index in [1.54, 1.807) is 0 Å². The first kappa shape index (κ1) is 15.1. The van der Waals surface area contributed by atoms with Gasteiger partial charge in [0.2, 0.25) is 5.91 Å². The van der Waals surface area contributed by atoms with Crippen LogP contribution >= 0.6 is 11.6 Å². The monoisotopic (exact) mass is 317 g/mol. The number of amides is 1. The van der Waals surface area contributed by atoms with E-state index in [9.17, 15) is 4.79 Å². The molecular weight excluding hydrogens is 298 g/mol. The Morgan fingerprint density at radius 1 is 1.41 bits per heavy atom. The van der Waals surface area contributed by atoms with Crippen molar-refractivity contribution in [1.29, 1.82) is 0 Å². The van der Waals surface area contributed by atoms with E-state index >= 15 is 0 Å². The molecule has 1 amide bonds. The molecule has 3 rings (SSSR count). The second-order valence-corrected chi connectivity index (χ2v) is 6.26. The normalized spacial score (nSPS) is 21.4. The number of carbonyl (C=O) groups is 1. The number of hydrogen-bond donors (Lipinski definition) is 1. The summed E-state index contributed by atoms with van der Waals surface area (Å²) >= 11 is 5.90. The number of hydrogen-bond acceptors (Lipinski definition) is 2. The maximum absolute atomic E-state index is 12.3. The van der Waals surface area contributed by atoms with Gasteiger partial charge >= 0.3 is 0 Å². The third-order valence-electron chi connectivity index (χ3n) is 4.21. The summed E-state index contributed by atoms with van der Waals surface area (Å²) in [5.41, 5.74) is 2.09. The first-order valence-electron chi connectivity index (χ1n) is 7.67. The van der Waals surface area contributed by atoms with Gasteiger partial charge in [-0.3, -0.25) is 9.48 Å². The number of aryl methyl sites for hydroxylation is 1. The van der Waals surface area contributed by atoms with Crippen molar-refractivity contribution in [2.24, 2.45) is 5.92 Å². The molecule has 1 aliphatic carbocycles. The fourth-order valence-corrected chi connectivity index (χ4v) is 2.87. The fraction of sp³-hybridized carbons (Fsp3) is 0.412. The van der Waals surface area contributed by atoms with Crippen LogP contribution < -0.4 is 5.32 Å². The molecule has 4 nitrogen and oxygen atoms in total. The first-order chi connectivity index (χ1) is 10.6. The third kappa shape index (κ3) is 3.17. The van der Waals surface area contributed by atoms with Crippen molar-refractivity contribution in [3.05, 3.63) is 52.8 Å². The predicted molar refractivity (Wildman–Crippen MR) is 86.8 cm³/mol. The molecule has 2 aromatic rings. The summed E-state index contributed by atoms with van der Waals surface area (Å²) in [6.07, 6.45) is 2.84. The van der Waals surface area contributed by atoms with Crippen molar-refractivity contribution < 1.29 is 4.79 Å². The minimum atomic E-state index is -0.0632. The minimum Gasteiger partial charge on any atom is -0.348 e. The molecule has 1 aromatic heterocycles. The summed E-state index contributed by atoms with van der Waals surface area (Å²) in [5.74, 6) is 0.494. The average Bonchev–Trinajstić information content (AvgIpc) is 3.16. The highest BCUT2D eigenvalue weighted by atomic mass is 35.5. The lowest BCUT2D eigenvalue weighted by atomic mass is 10.1. The standard InChI is InChI=1S/C17H20ClN3O/c1-3-21-9-8-16(20-21)11(2)19-17(22)15-10-14(15)12-4-6-13(18)7-5-12/h4-9,11,14-15H,3,10H2,1-2H3,(H,19,22). The van der Waals surface area contributed by atoms with Crippen LogP contribution in [0.25, 0.3) is 0 Å². The van der Waals surface area contributed by atoms with E-state index in [0.29, 0.717) is 5.92 Å². The molecule has 22 heavy (non-hydrogen) atoms. The van der Waals surface area contributed by atoms with Crippen LogP contribution in [0.3, 0.4) is 0 Å². The predicted octanol–water partition coefficient (Wildman–Crippen LogP) is 3.54. The molecule has 1 aliphatic rings. The maximum Gasteiger partial charge on any atom is 0.224 e. The van der Waals surface area contributed by atoms with Gasteiger partial charge in [-0.15, -0.1) is 0 Å². The molecule has 1 aromatic carbocycles. The lowest BCUT2D eigenvalue weighted by Crippen LogP contribution is -2.28. The van der Waals surface area contributed by atoms with Crippen molar-refractivity contribution in [2.75, 3.05) is 0 Å². The third-order valence-corrected chi connectivity index (χ3v) is 4.47. The number of carbonyl (C=O) groups excluding carboxylic acids is 1. The number of halogens is 1. The summed E-state index contributed by atoms with van der Waals surface area (Å²) < 4.78 is 1.87. The van der Waals surface area contributed by atoms with Crippen LogP contribution in [0.1, 0.15) is 43.5 Å². The van der Waals surface area contributed by atoms with Gasteiger partial charge in [0.25, 0.3) is 0 Å². The van der Waals surface area contributed by atoms with Crippen molar-refractivity contribution in [2.45, 2.75) is 38.8 Å². The summed E-state index contributed by atoms with van der Waals surface area (Å²) in [6.45, 7) is 4.85. The Labute approximate surface area is 135 Å². The lowest BCUT2D eigenvalue weighted by Gasteiger charge is -2.11. The Bertz CT molecular complexity index is 665. The molecule has 1 saturated carbocycles. The van der Waals surface area contributed by atoms with Crippen LogP contribution in [-0.4, -0.2) is 15.7 Å². The van der Waals surface area contributed by atoms with E-state index in [1.807, 2.05) is 55.1 Å². The van der Waals surface area contributed by atoms with Crippen molar-refractivity contribution in [3.8, 4) is 0 Å². The van der Waals surface area contributed by atoms with Gasteiger partial charge in [0.05, 0.1) is 11.7 Å². The molecular formula is C17H20ClN3O. The van der Waals surface area contributed by atoms with Crippen LogP contribution in [0.4, 0.5) is 0 Å². The largest absolute Gasteiger partial charge is 0.348 e. The second kappa shape index (κ2) is 6.13. The molecule has 0 aliphatic heterocycles. The zero-order valence-corrected chi connectivity index (χ0v) is 13.5. The van der Waals surface area contributed by atoms with E-state index in [-0.39, 0.29) is 17.9 Å². The Morgan fingerprint density at radius 3 is 2.77 bits per heavy atom. The molecule has 116 valence electrons. The lowest BCUT2D eigenvalue weighted by molar-refractivity contribution is -0.123. The van der Waals surface area contributed by atoms with Crippen molar-refractivity contribution in [1.82, 2.24) is 15.1 Å². The van der Waals surface area contributed by atoms with Crippen LogP contribution in [0.15, 0.2) is 36.5 Å². The van der Waals surface area contributed by atoms with Gasteiger partial charge < -0.3 is 5.32 Å². The highest BCUT2D eigenvalue weighted by molar-refractivity contribution is 6.30. The Kier molecular flexibility index (Phi) is 4.21. The Morgan fingerprint density at radius 2 is 2.14 bits per heavy atom. The van der Waals surface area contributed by atoms with Gasteiger partial charge in [0.15, 0.2) is 0 Å².